The molecule has 1 N–H and O–H groups in total. The fraction of sp³-hybridized carbons (Fsp3) is 0.263. The summed E-state index contributed by atoms with van der Waals surface area (Å²) in [5.74, 6) is -3.64. The Bertz CT molecular complexity index is 1040. The number of rotatable bonds is 6. The number of thiazole rings is 1. The van der Waals surface area contributed by atoms with Crippen molar-refractivity contribution in [3.8, 4) is 5.88 Å². The number of nitrogens with one attached hydrogen (secondary N) is 1. The van der Waals surface area contributed by atoms with Gasteiger partial charge in [-0.25, -0.2) is 22.9 Å². The van der Waals surface area contributed by atoms with Crippen molar-refractivity contribution >= 4 is 34.2 Å². The van der Waals surface area contributed by atoms with Crippen molar-refractivity contribution < 1.29 is 22.7 Å². The standard InChI is InChI=1S/C19H17ClF3N3O2S/c1-10(2)5-11-6-15(28-19(27)25-18-24-7-14(20)29-18)26(8-11)9-12-3-4-13(21)17(23)16(12)22/h3-4,6-8,10H,5,9H2,1-2H3,(H,24,25,27). The molecule has 2 aromatic heterocycles. The second-order valence-electron chi connectivity index (χ2n) is 6.73. The predicted octanol–water partition coefficient (Wildman–Crippen LogP) is 5.87. The van der Waals surface area contributed by atoms with Crippen LogP contribution in [0.5, 0.6) is 5.88 Å². The van der Waals surface area contributed by atoms with Gasteiger partial charge in [-0.15, -0.1) is 0 Å². The molecule has 0 unspecified atom stereocenters. The first kappa shape index (κ1) is 21.2. The molecule has 0 aliphatic heterocycles. The average molecular weight is 444 g/mol. The molecule has 154 valence electrons. The molecule has 0 radical (unpaired) electrons. The minimum absolute atomic E-state index is 0.0763. The Balaban J connectivity index is 1.84. The van der Waals surface area contributed by atoms with E-state index in [2.05, 4.69) is 10.3 Å². The van der Waals surface area contributed by atoms with E-state index in [0.29, 0.717) is 16.7 Å². The maximum atomic E-state index is 14.1. The summed E-state index contributed by atoms with van der Waals surface area (Å²) in [4.78, 5) is 16.1. The van der Waals surface area contributed by atoms with Crippen molar-refractivity contribution in [3.63, 3.8) is 0 Å². The highest BCUT2D eigenvalue weighted by Gasteiger charge is 2.18. The van der Waals surface area contributed by atoms with E-state index in [-0.39, 0.29) is 23.1 Å². The van der Waals surface area contributed by atoms with Gasteiger partial charge in [-0.1, -0.05) is 42.9 Å². The number of benzene rings is 1. The molecular formula is C19H17ClF3N3O2S. The number of hydrogen-bond acceptors (Lipinski definition) is 4. The normalized spacial score (nSPS) is 11.1. The zero-order chi connectivity index (χ0) is 21.1. The molecule has 0 bridgehead atoms. The monoisotopic (exact) mass is 443 g/mol. The van der Waals surface area contributed by atoms with Crippen LogP contribution in [0.15, 0.2) is 30.6 Å². The van der Waals surface area contributed by atoms with Crippen LogP contribution >= 0.6 is 22.9 Å². The van der Waals surface area contributed by atoms with E-state index in [1.54, 1.807) is 12.3 Å². The van der Waals surface area contributed by atoms with E-state index in [1.165, 1.54) is 10.8 Å². The summed E-state index contributed by atoms with van der Waals surface area (Å²) in [6.45, 7) is 3.89. The summed E-state index contributed by atoms with van der Waals surface area (Å²) in [6, 6.07) is 3.65. The Morgan fingerprint density at radius 2 is 2.07 bits per heavy atom. The largest absolute Gasteiger partial charge is 0.420 e. The van der Waals surface area contributed by atoms with Gasteiger partial charge in [-0.3, -0.25) is 5.32 Å². The lowest BCUT2D eigenvalue weighted by Crippen LogP contribution is -2.18. The van der Waals surface area contributed by atoms with Gasteiger partial charge in [0, 0.05) is 17.8 Å². The number of hydrogen-bond donors (Lipinski definition) is 1. The van der Waals surface area contributed by atoms with Crippen LogP contribution in [0.1, 0.15) is 25.0 Å². The smallest absolute Gasteiger partial charge is 0.393 e. The molecule has 1 aromatic carbocycles. The molecule has 2 heterocycles. The second-order valence-corrected chi connectivity index (χ2v) is 8.39. The zero-order valence-corrected chi connectivity index (χ0v) is 17.1. The number of aromatic nitrogens is 2. The van der Waals surface area contributed by atoms with Crippen LogP contribution < -0.4 is 10.1 Å². The molecule has 0 saturated heterocycles. The van der Waals surface area contributed by atoms with Crippen LogP contribution in [0, 0.1) is 23.4 Å². The fourth-order valence-electron chi connectivity index (χ4n) is 2.73. The Morgan fingerprint density at radius 3 is 2.72 bits per heavy atom. The number of carbonyl (C=O) groups is 1. The van der Waals surface area contributed by atoms with Crippen molar-refractivity contribution in [1.82, 2.24) is 9.55 Å². The molecule has 0 spiro atoms. The van der Waals surface area contributed by atoms with Gasteiger partial charge < -0.3 is 9.30 Å². The topological polar surface area (TPSA) is 56.1 Å². The molecule has 0 saturated carbocycles. The van der Waals surface area contributed by atoms with Crippen molar-refractivity contribution in [3.05, 3.63) is 63.5 Å². The molecule has 0 aliphatic rings. The summed E-state index contributed by atoms with van der Waals surface area (Å²) in [7, 11) is 0. The zero-order valence-electron chi connectivity index (χ0n) is 15.5. The summed E-state index contributed by atoms with van der Waals surface area (Å²) in [5, 5.41) is 2.70. The third-order valence-corrected chi connectivity index (χ3v) is 4.93. The van der Waals surface area contributed by atoms with E-state index in [1.807, 2.05) is 13.8 Å². The molecule has 5 nitrogen and oxygen atoms in total. The van der Waals surface area contributed by atoms with E-state index >= 15 is 0 Å². The first-order valence-corrected chi connectivity index (χ1v) is 9.84. The molecule has 3 rings (SSSR count). The van der Waals surface area contributed by atoms with Gasteiger partial charge in [0.1, 0.15) is 4.34 Å². The molecule has 1 amide bonds. The molecule has 0 atom stereocenters. The Labute approximate surface area is 174 Å². The van der Waals surface area contributed by atoms with Crippen molar-refractivity contribution in [2.45, 2.75) is 26.8 Å². The SMILES string of the molecule is CC(C)Cc1cc(OC(=O)Nc2ncc(Cl)s2)n(Cc2ccc(F)c(F)c2F)c1. The fourth-order valence-corrected chi connectivity index (χ4v) is 3.53. The minimum atomic E-state index is -1.54. The third-order valence-electron chi connectivity index (χ3n) is 3.90. The molecule has 0 fully saturated rings. The van der Waals surface area contributed by atoms with Gasteiger partial charge in [0.15, 0.2) is 22.6 Å². The van der Waals surface area contributed by atoms with Gasteiger partial charge in [-0.2, -0.15) is 0 Å². The minimum Gasteiger partial charge on any atom is -0.393 e. The Hall–Kier alpha value is -2.52. The second kappa shape index (κ2) is 8.87. The van der Waals surface area contributed by atoms with Crippen molar-refractivity contribution in [2.75, 3.05) is 5.32 Å². The Kier molecular flexibility index (Phi) is 6.49. The molecule has 0 aliphatic carbocycles. The summed E-state index contributed by atoms with van der Waals surface area (Å²) in [5.41, 5.74) is 0.774. The van der Waals surface area contributed by atoms with Crippen LogP contribution in [0.4, 0.5) is 23.1 Å². The summed E-state index contributed by atoms with van der Waals surface area (Å²) >= 11 is 6.84. The van der Waals surface area contributed by atoms with E-state index < -0.39 is 23.5 Å². The lowest BCUT2D eigenvalue weighted by molar-refractivity contribution is 0.211. The number of ether oxygens (including phenoxy) is 1. The first-order valence-electron chi connectivity index (χ1n) is 8.64. The summed E-state index contributed by atoms with van der Waals surface area (Å²) < 4.78 is 48.0. The van der Waals surface area contributed by atoms with E-state index in [9.17, 15) is 18.0 Å². The number of nitrogens with zero attached hydrogens (tertiary/aromatic N) is 2. The maximum absolute atomic E-state index is 14.1. The Morgan fingerprint density at radius 1 is 1.31 bits per heavy atom. The van der Waals surface area contributed by atoms with Crippen LogP contribution in [0.2, 0.25) is 4.34 Å². The van der Waals surface area contributed by atoms with E-state index in [0.717, 1.165) is 29.0 Å². The highest BCUT2D eigenvalue weighted by Crippen LogP contribution is 2.25. The van der Waals surface area contributed by atoms with Crippen LogP contribution in [-0.4, -0.2) is 15.6 Å². The molecule has 29 heavy (non-hydrogen) atoms. The van der Waals surface area contributed by atoms with Gasteiger partial charge in [0.25, 0.3) is 0 Å². The number of carbonyl (C=O) groups excluding carboxylic acids is 1. The van der Waals surface area contributed by atoms with E-state index in [4.69, 9.17) is 16.3 Å². The third kappa shape index (κ3) is 5.30. The van der Waals surface area contributed by atoms with Crippen LogP contribution in [0.3, 0.4) is 0 Å². The first-order chi connectivity index (χ1) is 13.7. The lowest BCUT2D eigenvalue weighted by atomic mass is 10.1. The van der Waals surface area contributed by atoms with Crippen molar-refractivity contribution in [1.29, 1.82) is 0 Å². The summed E-state index contributed by atoms with van der Waals surface area (Å²) in [6.07, 6.45) is 2.95. The van der Waals surface area contributed by atoms with Crippen LogP contribution in [0.25, 0.3) is 0 Å². The van der Waals surface area contributed by atoms with Gasteiger partial charge in [0.05, 0.1) is 12.7 Å². The average Bonchev–Trinajstić information content (AvgIpc) is 3.20. The van der Waals surface area contributed by atoms with Crippen molar-refractivity contribution in [2.24, 2.45) is 5.92 Å². The molecule has 3 aromatic rings. The number of halogens is 4. The quantitative estimate of drug-likeness (QED) is 0.484. The number of amides is 1. The highest BCUT2D eigenvalue weighted by atomic mass is 35.5. The molecule has 10 heteroatoms. The maximum Gasteiger partial charge on any atom is 0.420 e. The number of anilines is 1. The lowest BCUT2D eigenvalue weighted by Gasteiger charge is -2.11. The predicted molar refractivity (Wildman–Crippen MR) is 105 cm³/mol. The molecular weight excluding hydrogens is 427 g/mol. The van der Waals surface area contributed by atoms with Gasteiger partial charge in [-0.05, 0) is 24.0 Å². The van der Waals surface area contributed by atoms with Gasteiger partial charge >= 0.3 is 6.09 Å². The highest BCUT2D eigenvalue weighted by molar-refractivity contribution is 7.19. The van der Waals surface area contributed by atoms with Crippen LogP contribution in [-0.2, 0) is 13.0 Å². The van der Waals surface area contributed by atoms with Gasteiger partial charge in [0.2, 0.25) is 5.88 Å².